The zero-order valence-electron chi connectivity index (χ0n) is 24.2. The van der Waals surface area contributed by atoms with Gasteiger partial charge in [0, 0.05) is 27.5 Å². The van der Waals surface area contributed by atoms with Gasteiger partial charge in [-0.05, 0) is 63.0 Å². The van der Waals surface area contributed by atoms with Gasteiger partial charge in [-0.15, -0.1) is 0 Å². The Morgan fingerprint density at radius 1 is 0.333 bits per heavy atom. The summed E-state index contributed by atoms with van der Waals surface area (Å²) in [6, 6.07) is 52.3. The summed E-state index contributed by atoms with van der Waals surface area (Å²) in [7, 11) is 0. The van der Waals surface area contributed by atoms with Crippen LogP contribution in [0.3, 0.4) is 0 Å². The van der Waals surface area contributed by atoms with Gasteiger partial charge in [-0.25, -0.2) is 15.0 Å². The fourth-order valence-corrected chi connectivity index (χ4v) is 6.25. The van der Waals surface area contributed by atoms with Gasteiger partial charge in [0.1, 0.15) is 11.2 Å². The minimum Gasteiger partial charge on any atom is -0.456 e. The molecule has 0 N–H and O–H groups in total. The molecule has 9 aromatic rings. The number of aromatic nitrogens is 3. The molecule has 0 aliphatic rings. The number of benzene rings is 7. The zero-order valence-corrected chi connectivity index (χ0v) is 24.2. The summed E-state index contributed by atoms with van der Waals surface area (Å²) in [6.07, 6.45) is 0. The van der Waals surface area contributed by atoms with Crippen LogP contribution in [0.1, 0.15) is 0 Å². The van der Waals surface area contributed by atoms with E-state index in [4.69, 9.17) is 19.4 Å². The lowest BCUT2D eigenvalue weighted by Gasteiger charge is -2.11. The maximum Gasteiger partial charge on any atom is 0.164 e. The molecule has 2 aromatic heterocycles. The number of furan rings is 1. The second-order valence-corrected chi connectivity index (χ2v) is 11.3. The van der Waals surface area contributed by atoms with Crippen LogP contribution in [0.4, 0.5) is 0 Å². The summed E-state index contributed by atoms with van der Waals surface area (Å²) in [5.74, 6) is 1.94. The van der Waals surface area contributed by atoms with Crippen LogP contribution in [0.15, 0.2) is 156 Å². The molecule has 210 valence electrons. The van der Waals surface area contributed by atoms with Gasteiger partial charge < -0.3 is 4.42 Å². The predicted octanol–water partition coefficient (Wildman–Crippen LogP) is 10.7. The molecule has 4 nitrogen and oxygen atoms in total. The van der Waals surface area contributed by atoms with Crippen LogP contribution in [-0.2, 0) is 0 Å². The fraction of sp³-hybridized carbons (Fsp3) is 0. The Balaban J connectivity index is 1.17. The van der Waals surface area contributed by atoms with Crippen molar-refractivity contribution in [1.29, 1.82) is 0 Å². The van der Waals surface area contributed by atoms with E-state index >= 15 is 0 Å². The van der Waals surface area contributed by atoms with Crippen molar-refractivity contribution in [2.45, 2.75) is 0 Å². The Morgan fingerprint density at radius 2 is 0.933 bits per heavy atom. The first-order chi connectivity index (χ1) is 22.3. The Morgan fingerprint density at radius 3 is 1.78 bits per heavy atom. The highest BCUT2D eigenvalue weighted by molar-refractivity contribution is 6.07. The SMILES string of the molecule is c1ccc(-c2nc(-c3ccc4ccccc4c3)nc(-c3ccc4c(-c5ccc6c(c5)oc5ccccc56)cccc4c3)n2)cc1. The van der Waals surface area contributed by atoms with E-state index in [9.17, 15) is 0 Å². The number of fused-ring (bicyclic) bond motifs is 5. The smallest absolute Gasteiger partial charge is 0.164 e. The molecule has 0 aliphatic carbocycles. The first-order valence-electron chi connectivity index (χ1n) is 15.0. The standard InChI is InChI=1S/C41H25N3O/c1-2-10-27(11-3-1)39-42-40(31-18-17-26-9-4-5-12-28(26)23-31)44-41(43-39)32-20-21-34-29(24-32)13-8-15-33(34)30-19-22-36-35-14-6-7-16-37(35)45-38(36)25-30/h1-25H. The molecular weight excluding hydrogens is 550 g/mol. The quantitative estimate of drug-likeness (QED) is 0.209. The van der Waals surface area contributed by atoms with E-state index in [-0.39, 0.29) is 0 Å². The Bertz CT molecular complexity index is 2550. The van der Waals surface area contributed by atoms with Crippen LogP contribution < -0.4 is 0 Å². The Hall–Kier alpha value is -6.13. The van der Waals surface area contributed by atoms with Crippen LogP contribution in [0, 0.1) is 0 Å². The van der Waals surface area contributed by atoms with Gasteiger partial charge in [-0.1, -0.05) is 121 Å². The third kappa shape index (κ3) is 4.43. The lowest BCUT2D eigenvalue weighted by Crippen LogP contribution is -2.00. The molecule has 0 radical (unpaired) electrons. The van der Waals surface area contributed by atoms with Crippen LogP contribution in [0.25, 0.3) is 88.8 Å². The van der Waals surface area contributed by atoms with Gasteiger partial charge in [0.05, 0.1) is 0 Å². The molecule has 0 spiro atoms. The minimum atomic E-state index is 0.642. The van der Waals surface area contributed by atoms with Gasteiger partial charge in [0.25, 0.3) is 0 Å². The molecule has 0 bridgehead atoms. The first kappa shape index (κ1) is 25.4. The van der Waals surface area contributed by atoms with Gasteiger partial charge in [-0.2, -0.15) is 0 Å². The lowest BCUT2D eigenvalue weighted by molar-refractivity contribution is 0.669. The van der Waals surface area contributed by atoms with Gasteiger partial charge in [0.2, 0.25) is 0 Å². The molecule has 4 heteroatoms. The normalized spacial score (nSPS) is 11.6. The number of rotatable bonds is 4. The van der Waals surface area contributed by atoms with Crippen molar-refractivity contribution < 1.29 is 4.42 Å². The molecule has 0 fully saturated rings. The Labute approximate surface area is 259 Å². The van der Waals surface area contributed by atoms with E-state index < -0.39 is 0 Å². The number of para-hydroxylation sites is 1. The Kier molecular flexibility index (Phi) is 5.78. The highest BCUT2D eigenvalue weighted by atomic mass is 16.3. The van der Waals surface area contributed by atoms with Crippen LogP contribution in [-0.4, -0.2) is 15.0 Å². The van der Waals surface area contributed by atoms with Crippen molar-refractivity contribution in [3.8, 4) is 45.3 Å². The summed E-state index contributed by atoms with van der Waals surface area (Å²) in [4.78, 5) is 14.9. The summed E-state index contributed by atoms with van der Waals surface area (Å²) in [6.45, 7) is 0. The van der Waals surface area contributed by atoms with Crippen LogP contribution in [0.5, 0.6) is 0 Å². The number of hydrogen-bond acceptors (Lipinski definition) is 4. The summed E-state index contributed by atoms with van der Waals surface area (Å²) in [5, 5.41) is 6.87. The number of hydrogen-bond donors (Lipinski definition) is 0. The van der Waals surface area contributed by atoms with Crippen molar-refractivity contribution in [2.75, 3.05) is 0 Å². The second kappa shape index (κ2) is 10.2. The maximum absolute atomic E-state index is 6.20. The number of nitrogens with zero attached hydrogens (tertiary/aromatic N) is 3. The fourth-order valence-electron chi connectivity index (χ4n) is 6.25. The van der Waals surface area contributed by atoms with Crippen LogP contribution >= 0.6 is 0 Å². The highest BCUT2D eigenvalue weighted by Crippen LogP contribution is 2.36. The molecule has 45 heavy (non-hydrogen) atoms. The van der Waals surface area contributed by atoms with Crippen molar-refractivity contribution in [3.05, 3.63) is 152 Å². The third-order valence-electron chi connectivity index (χ3n) is 8.50. The molecule has 9 rings (SSSR count). The second-order valence-electron chi connectivity index (χ2n) is 11.3. The van der Waals surface area contributed by atoms with E-state index in [0.717, 1.165) is 65.9 Å². The molecule has 7 aromatic carbocycles. The third-order valence-corrected chi connectivity index (χ3v) is 8.50. The van der Waals surface area contributed by atoms with Crippen molar-refractivity contribution in [1.82, 2.24) is 15.0 Å². The van der Waals surface area contributed by atoms with E-state index in [2.05, 4.69) is 103 Å². The van der Waals surface area contributed by atoms with Gasteiger partial charge in [0.15, 0.2) is 17.5 Å². The first-order valence-corrected chi connectivity index (χ1v) is 15.0. The highest BCUT2D eigenvalue weighted by Gasteiger charge is 2.15. The molecule has 0 atom stereocenters. The molecule has 0 amide bonds. The minimum absolute atomic E-state index is 0.642. The molecule has 2 heterocycles. The summed E-state index contributed by atoms with van der Waals surface area (Å²) in [5.41, 5.74) is 6.91. The monoisotopic (exact) mass is 575 g/mol. The lowest BCUT2D eigenvalue weighted by atomic mass is 9.96. The molecule has 0 aliphatic heterocycles. The van der Waals surface area contributed by atoms with E-state index in [1.54, 1.807) is 0 Å². The summed E-state index contributed by atoms with van der Waals surface area (Å²) >= 11 is 0. The average Bonchev–Trinajstić information content (AvgIpc) is 3.49. The summed E-state index contributed by atoms with van der Waals surface area (Å²) < 4.78 is 6.20. The predicted molar refractivity (Wildman–Crippen MR) is 184 cm³/mol. The van der Waals surface area contributed by atoms with E-state index in [0.29, 0.717) is 17.5 Å². The van der Waals surface area contributed by atoms with E-state index in [1.165, 1.54) is 5.39 Å². The molecule has 0 saturated heterocycles. The topological polar surface area (TPSA) is 51.8 Å². The van der Waals surface area contributed by atoms with E-state index in [1.807, 2.05) is 48.5 Å². The molecule has 0 unspecified atom stereocenters. The molecular formula is C41H25N3O. The average molecular weight is 576 g/mol. The van der Waals surface area contributed by atoms with Crippen LogP contribution in [0.2, 0.25) is 0 Å². The van der Waals surface area contributed by atoms with Crippen molar-refractivity contribution >= 4 is 43.5 Å². The molecule has 0 saturated carbocycles. The van der Waals surface area contributed by atoms with Crippen molar-refractivity contribution in [3.63, 3.8) is 0 Å². The van der Waals surface area contributed by atoms with Gasteiger partial charge in [-0.3, -0.25) is 0 Å². The largest absolute Gasteiger partial charge is 0.456 e. The van der Waals surface area contributed by atoms with Gasteiger partial charge >= 0.3 is 0 Å². The zero-order chi connectivity index (χ0) is 29.7. The van der Waals surface area contributed by atoms with Crippen molar-refractivity contribution in [2.24, 2.45) is 0 Å². The maximum atomic E-state index is 6.20.